The second-order valence-corrected chi connectivity index (χ2v) is 7.89. The van der Waals surface area contributed by atoms with E-state index in [0.29, 0.717) is 26.2 Å². The van der Waals surface area contributed by atoms with Crippen molar-refractivity contribution in [3.63, 3.8) is 0 Å². The molecule has 1 saturated heterocycles. The zero-order valence-corrected chi connectivity index (χ0v) is 14.7. The van der Waals surface area contributed by atoms with Crippen LogP contribution in [0.4, 0.5) is 5.82 Å². The molecular formula is C15H24N4O3S. The van der Waals surface area contributed by atoms with Crippen molar-refractivity contribution in [2.75, 3.05) is 43.9 Å². The number of anilines is 1. The van der Waals surface area contributed by atoms with Crippen LogP contribution in [0, 0.1) is 0 Å². The summed E-state index contributed by atoms with van der Waals surface area (Å²) in [6.07, 6.45) is 2.89. The average Bonchev–Trinajstić information content (AvgIpc) is 2.52. The summed E-state index contributed by atoms with van der Waals surface area (Å²) in [5, 5.41) is 0. The molecule has 1 aromatic heterocycles. The van der Waals surface area contributed by atoms with Gasteiger partial charge in [-0.15, -0.1) is 0 Å². The van der Waals surface area contributed by atoms with Gasteiger partial charge in [-0.1, -0.05) is 6.07 Å². The molecule has 0 atom stereocenters. The molecule has 8 heteroatoms. The molecule has 0 unspecified atom stereocenters. The van der Waals surface area contributed by atoms with Crippen LogP contribution in [0.3, 0.4) is 0 Å². The molecule has 1 aliphatic rings. The van der Waals surface area contributed by atoms with Gasteiger partial charge in [0.1, 0.15) is 5.82 Å². The molecule has 1 amide bonds. The Morgan fingerprint density at radius 2 is 1.91 bits per heavy atom. The number of piperazine rings is 1. The first-order valence-corrected chi connectivity index (χ1v) is 9.54. The van der Waals surface area contributed by atoms with E-state index >= 15 is 0 Å². The maximum Gasteiger partial charge on any atom is 0.238 e. The molecule has 1 aliphatic heterocycles. The molecule has 2 rings (SSSR count). The van der Waals surface area contributed by atoms with Crippen LogP contribution in [-0.2, 0) is 14.8 Å². The fraction of sp³-hybridized carbons (Fsp3) is 0.600. The van der Waals surface area contributed by atoms with E-state index in [1.165, 1.54) is 4.31 Å². The summed E-state index contributed by atoms with van der Waals surface area (Å²) in [5.74, 6) is 0.754. The SMILES string of the molecule is CC(C)N(CC(=O)N1CCN(c2ccccn2)CC1)S(C)(=O)=O. The van der Waals surface area contributed by atoms with E-state index in [0.717, 1.165) is 12.1 Å². The molecule has 0 radical (unpaired) electrons. The predicted octanol–water partition coefficient (Wildman–Crippen LogP) is 0.400. The number of amides is 1. The van der Waals surface area contributed by atoms with Crippen LogP contribution in [0.5, 0.6) is 0 Å². The highest BCUT2D eigenvalue weighted by atomic mass is 32.2. The quantitative estimate of drug-likeness (QED) is 0.776. The number of hydrogen-bond donors (Lipinski definition) is 0. The van der Waals surface area contributed by atoms with E-state index in [-0.39, 0.29) is 18.5 Å². The number of hydrogen-bond acceptors (Lipinski definition) is 5. The van der Waals surface area contributed by atoms with Crippen molar-refractivity contribution in [3.8, 4) is 0 Å². The lowest BCUT2D eigenvalue weighted by Crippen LogP contribution is -2.52. The van der Waals surface area contributed by atoms with Gasteiger partial charge in [0, 0.05) is 38.4 Å². The molecule has 0 N–H and O–H groups in total. The van der Waals surface area contributed by atoms with E-state index in [9.17, 15) is 13.2 Å². The fourth-order valence-electron chi connectivity index (χ4n) is 2.64. The van der Waals surface area contributed by atoms with Crippen molar-refractivity contribution in [2.24, 2.45) is 0 Å². The summed E-state index contributed by atoms with van der Waals surface area (Å²) < 4.78 is 24.8. The second kappa shape index (κ2) is 7.27. The largest absolute Gasteiger partial charge is 0.353 e. The van der Waals surface area contributed by atoms with Gasteiger partial charge < -0.3 is 9.80 Å². The summed E-state index contributed by atoms with van der Waals surface area (Å²) in [5.41, 5.74) is 0. The summed E-state index contributed by atoms with van der Waals surface area (Å²) in [6, 6.07) is 5.52. The number of sulfonamides is 1. The summed E-state index contributed by atoms with van der Waals surface area (Å²) in [4.78, 5) is 20.5. The number of pyridine rings is 1. The summed E-state index contributed by atoms with van der Waals surface area (Å²) >= 11 is 0. The molecule has 0 aromatic carbocycles. The number of carbonyl (C=O) groups excluding carboxylic acids is 1. The van der Waals surface area contributed by atoms with Crippen LogP contribution in [0.15, 0.2) is 24.4 Å². The zero-order chi connectivity index (χ0) is 17.0. The molecule has 2 heterocycles. The van der Waals surface area contributed by atoms with Gasteiger partial charge in [-0.3, -0.25) is 4.79 Å². The Morgan fingerprint density at radius 1 is 1.26 bits per heavy atom. The lowest BCUT2D eigenvalue weighted by molar-refractivity contribution is -0.131. The molecule has 0 bridgehead atoms. The third kappa shape index (κ3) is 4.65. The Morgan fingerprint density at radius 3 is 2.39 bits per heavy atom. The summed E-state index contributed by atoms with van der Waals surface area (Å²) in [6.45, 7) is 5.99. The van der Waals surface area contributed by atoms with E-state index in [4.69, 9.17) is 0 Å². The maximum atomic E-state index is 12.4. The van der Waals surface area contributed by atoms with E-state index in [1.54, 1.807) is 24.9 Å². The Balaban J connectivity index is 1.93. The van der Waals surface area contributed by atoms with Gasteiger partial charge in [0.2, 0.25) is 15.9 Å². The van der Waals surface area contributed by atoms with Crippen molar-refractivity contribution in [1.29, 1.82) is 0 Å². The van der Waals surface area contributed by atoms with Crippen molar-refractivity contribution >= 4 is 21.7 Å². The Bertz CT molecular complexity index is 625. The first-order valence-electron chi connectivity index (χ1n) is 7.69. The van der Waals surface area contributed by atoms with Crippen LogP contribution in [-0.4, -0.2) is 73.5 Å². The molecule has 0 spiro atoms. The monoisotopic (exact) mass is 340 g/mol. The number of nitrogens with zero attached hydrogens (tertiary/aromatic N) is 4. The van der Waals surface area contributed by atoms with Crippen LogP contribution in [0.1, 0.15) is 13.8 Å². The molecule has 0 saturated carbocycles. The van der Waals surface area contributed by atoms with Gasteiger partial charge >= 0.3 is 0 Å². The van der Waals surface area contributed by atoms with E-state index < -0.39 is 10.0 Å². The fourth-order valence-corrected chi connectivity index (χ4v) is 3.75. The minimum absolute atomic E-state index is 0.0971. The second-order valence-electron chi connectivity index (χ2n) is 5.96. The van der Waals surface area contributed by atoms with E-state index in [1.807, 2.05) is 18.2 Å². The molecule has 1 fully saturated rings. The van der Waals surface area contributed by atoms with Crippen molar-refractivity contribution in [3.05, 3.63) is 24.4 Å². The lowest BCUT2D eigenvalue weighted by atomic mass is 10.3. The van der Waals surface area contributed by atoms with Crippen LogP contribution >= 0.6 is 0 Å². The average molecular weight is 340 g/mol. The van der Waals surface area contributed by atoms with Gasteiger partial charge in [0.05, 0.1) is 12.8 Å². The standard InChI is InChI=1S/C15H24N4O3S/c1-13(2)19(23(3,21)22)12-15(20)18-10-8-17(9-11-18)14-6-4-5-7-16-14/h4-7,13H,8-12H2,1-3H3. The first-order chi connectivity index (χ1) is 10.8. The third-order valence-corrected chi connectivity index (χ3v) is 5.30. The minimum atomic E-state index is -3.39. The normalized spacial score (nSPS) is 16.2. The first kappa shape index (κ1) is 17.7. The summed E-state index contributed by atoms with van der Waals surface area (Å²) in [7, 11) is -3.39. The smallest absolute Gasteiger partial charge is 0.238 e. The van der Waals surface area contributed by atoms with Crippen LogP contribution < -0.4 is 4.90 Å². The third-order valence-electron chi connectivity index (χ3n) is 3.90. The van der Waals surface area contributed by atoms with Gasteiger partial charge in [0.15, 0.2) is 0 Å². The van der Waals surface area contributed by atoms with Crippen molar-refractivity contribution in [2.45, 2.75) is 19.9 Å². The van der Waals surface area contributed by atoms with Crippen molar-refractivity contribution < 1.29 is 13.2 Å². The number of aromatic nitrogens is 1. The molecule has 23 heavy (non-hydrogen) atoms. The van der Waals surface area contributed by atoms with Crippen molar-refractivity contribution in [1.82, 2.24) is 14.2 Å². The molecule has 128 valence electrons. The highest BCUT2D eigenvalue weighted by molar-refractivity contribution is 7.88. The van der Waals surface area contributed by atoms with Gasteiger partial charge in [-0.2, -0.15) is 4.31 Å². The highest BCUT2D eigenvalue weighted by Gasteiger charge is 2.27. The molecule has 7 nitrogen and oxygen atoms in total. The number of carbonyl (C=O) groups is 1. The van der Waals surface area contributed by atoms with Gasteiger partial charge in [-0.25, -0.2) is 13.4 Å². The Hall–Kier alpha value is -1.67. The predicted molar refractivity (Wildman–Crippen MR) is 89.7 cm³/mol. The Labute approximate surface area is 137 Å². The Kier molecular flexibility index (Phi) is 5.59. The topological polar surface area (TPSA) is 73.8 Å². The van der Waals surface area contributed by atoms with Crippen LogP contribution in [0.2, 0.25) is 0 Å². The minimum Gasteiger partial charge on any atom is -0.353 e. The molecule has 0 aliphatic carbocycles. The zero-order valence-electron chi connectivity index (χ0n) is 13.8. The molecular weight excluding hydrogens is 316 g/mol. The lowest BCUT2D eigenvalue weighted by Gasteiger charge is -2.36. The number of rotatable bonds is 5. The van der Waals surface area contributed by atoms with Gasteiger partial charge in [0.25, 0.3) is 0 Å². The molecule has 1 aromatic rings. The van der Waals surface area contributed by atoms with Gasteiger partial charge in [-0.05, 0) is 26.0 Å². The highest BCUT2D eigenvalue weighted by Crippen LogP contribution is 2.13. The van der Waals surface area contributed by atoms with Crippen LogP contribution in [0.25, 0.3) is 0 Å². The van der Waals surface area contributed by atoms with E-state index in [2.05, 4.69) is 9.88 Å². The maximum absolute atomic E-state index is 12.4.